The van der Waals surface area contributed by atoms with Crippen LogP contribution < -0.4 is 0 Å². The highest BCUT2D eigenvalue weighted by atomic mass is 35.5. The fourth-order valence-corrected chi connectivity index (χ4v) is 2.47. The van der Waals surface area contributed by atoms with Gasteiger partial charge in [-0.2, -0.15) is 0 Å². The van der Waals surface area contributed by atoms with Crippen molar-refractivity contribution in [3.8, 4) is 0 Å². The predicted octanol–water partition coefficient (Wildman–Crippen LogP) is 1.78. The van der Waals surface area contributed by atoms with E-state index in [1.54, 1.807) is 0 Å². The van der Waals surface area contributed by atoms with Gasteiger partial charge >= 0.3 is 0 Å². The van der Waals surface area contributed by atoms with Crippen LogP contribution in [0.2, 0.25) is 0 Å². The number of ketones is 1. The normalized spacial score (nSPS) is 13.0. The summed E-state index contributed by atoms with van der Waals surface area (Å²) in [5.41, 5.74) is -0.389. The first-order valence-electron chi connectivity index (χ1n) is 4.94. The number of nitro benzene ring substituents is 1. The Morgan fingerprint density at radius 3 is 2.61 bits per heavy atom. The number of nitro groups is 1. The molecular weight excluding hydrogens is 282 g/mol. The molecule has 0 radical (unpaired) electrons. The lowest BCUT2D eigenvalue weighted by atomic mass is 10.1. The van der Waals surface area contributed by atoms with E-state index in [9.17, 15) is 23.3 Å². The van der Waals surface area contributed by atoms with E-state index in [0.717, 1.165) is 6.07 Å². The van der Waals surface area contributed by atoms with E-state index < -0.39 is 25.3 Å². The molecule has 0 saturated heterocycles. The predicted molar refractivity (Wildman–Crippen MR) is 66.5 cm³/mol. The Hall–Kier alpha value is -1.47. The van der Waals surface area contributed by atoms with Gasteiger partial charge in [0.05, 0.1) is 4.92 Å². The second-order valence-corrected chi connectivity index (χ2v) is 6.51. The zero-order valence-electron chi connectivity index (χ0n) is 9.37. The van der Waals surface area contributed by atoms with E-state index >= 15 is 0 Å². The second kappa shape index (κ2) is 5.45. The lowest BCUT2D eigenvalue weighted by Gasteiger charge is -2.08. The molecule has 0 unspecified atom stereocenters. The largest absolute Gasteiger partial charge is 0.291 e. The van der Waals surface area contributed by atoms with Crippen molar-refractivity contribution in [2.45, 2.75) is 11.6 Å². The average Bonchev–Trinajstić information content (AvgIpc) is 2.37. The third kappa shape index (κ3) is 3.05. The smallest absolute Gasteiger partial charge is 0.270 e. The van der Waals surface area contributed by atoms with Crippen LogP contribution in [0.1, 0.15) is 17.3 Å². The molecule has 1 aromatic carbocycles. The van der Waals surface area contributed by atoms with Crippen molar-refractivity contribution in [1.82, 2.24) is 0 Å². The van der Waals surface area contributed by atoms with Gasteiger partial charge in [-0.1, -0.05) is 30.7 Å². The quantitative estimate of drug-likeness (QED) is 0.357. The van der Waals surface area contributed by atoms with Crippen molar-refractivity contribution in [2.24, 2.45) is 0 Å². The summed E-state index contributed by atoms with van der Waals surface area (Å²) in [6.07, 6.45) is 0. The van der Waals surface area contributed by atoms with Crippen molar-refractivity contribution in [2.75, 3.05) is 5.75 Å². The first-order valence-corrected chi connectivity index (χ1v) is 7.09. The zero-order valence-corrected chi connectivity index (χ0v) is 10.9. The van der Waals surface area contributed by atoms with Gasteiger partial charge in [-0.05, 0) is 0 Å². The van der Waals surface area contributed by atoms with Crippen LogP contribution in [0.3, 0.4) is 0 Å². The molecule has 98 valence electrons. The Labute approximate surface area is 109 Å². The molecule has 0 heterocycles. The number of carbonyl (C=O) groups is 1. The van der Waals surface area contributed by atoms with Crippen molar-refractivity contribution in [3.05, 3.63) is 39.9 Å². The van der Waals surface area contributed by atoms with E-state index in [0.29, 0.717) is 0 Å². The highest BCUT2D eigenvalue weighted by molar-refractivity contribution is 7.94. The van der Waals surface area contributed by atoms with E-state index in [1.165, 1.54) is 25.1 Å². The number of hydrogen-bond donors (Lipinski definition) is 0. The molecule has 6 nitrogen and oxygen atoms in total. The minimum atomic E-state index is -3.73. The van der Waals surface area contributed by atoms with Crippen molar-refractivity contribution >= 4 is 32.9 Å². The molecule has 0 aliphatic rings. The van der Waals surface area contributed by atoms with Gasteiger partial charge in [0.15, 0.2) is 20.3 Å². The number of alkyl halides is 1. The number of carbonyl (C=O) groups excluding carboxylic acids is 1. The summed E-state index contributed by atoms with van der Waals surface area (Å²) in [6, 6.07) is 4.79. The van der Waals surface area contributed by atoms with Gasteiger partial charge in [-0.15, -0.1) is 0 Å². The van der Waals surface area contributed by atoms with Crippen LogP contribution in [0, 0.1) is 10.1 Å². The number of non-ortho nitro benzene ring substituents is 1. The molecule has 18 heavy (non-hydrogen) atoms. The molecule has 0 saturated carbocycles. The number of rotatable bonds is 5. The van der Waals surface area contributed by atoms with Crippen molar-refractivity contribution in [3.63, 3.8) is 0 Å². The summed E-state index contributed by atoms with van der Waals surface area (Å²) in [4.78, 5) is 21.7. The van der Waals surface area contributed by atoms with Crippen LogP contribution in [0.5, 0.6) is 0 Å². The molecule has 0 aromatic heterocycles. The summed E-state index contributed by atoms with van der Waals surface area (Å²) < 4.78 is 21.2. The van der Waals surface area contributed by atoms with Crippen molar-refractivity contribution in [1.29, 1.82) is 0 Å². The molecule has 0 spiro atoms. The molecule has 1 rings (SSSR count). The van der Waals surface area contributed by atoms with Crippen LogP contribution in [-0.4, -0.2) is 29.6 Å². The molecule has 0 N–H and O–H groups in total. The van der Waals surface area contributed by atoms with Gasteiger partial charge < -0.3 is 0 Å². The van der Waals surface area contributed by atoms with Crippen LogP contribution in [0.15, 0.2) is 24.3 Å². The number of nitrogens with zero attached hydrogens (tertiary/aromatic N) is 1. The highest BCUT2D eigenvalue weighted by Gasteiger charge is 2.30. The standard InChI is InChI=1S/C10H10ClNO5S/c1-2-18(16,17)10(11)9(13)7-4-3-5-8(6-7)12(14)15/h3-6,10H,2H2,1H3/t10-/m0/s1. The summed E-state index contributed by atoms with van der Waals surface area (Å²) in [6.45, 7) is 1.37. The molecule has 8 heteroatoms. The van der Waals surface area contributed by atoms with Gasteiger partial charge in [0.2, 0.25) is 0 Å². The fourth-order valence-electron chi connectivity index (χ4n) is 1.21. The first kappa shape index (κ1) is 14.6. The van der Waals surface area contributed by atoms with E-state index in [2.05, 4.69) is 0 Å². The van der Waals surface area contributed by atoms with Gasteiger partial charge in [0.1, 0.15) is 0 Å². The summed E-state index contributed by atoms with van der Waals surface area (Å²) >= 11 is 5.58. The third-order valence-electron chi connectivity index (χ3n) is 2.27. The van der Waals surface area contributed by atoms with Crippen LogP contribution in [0.4, 0.5) is 5.69 Å². The Morgan fingerprint density at radius 2 is 2.11 bits per heavy atom. The summed E-state index contributed by atoms with van der Waals surface area (Å²) in [7, 11) is -3.73. The van der Waals surface area contributed by atoms with Crippen LogP contribution >= 0.6 is 11.6 Å². The zero-order chi connectivity index (χ0) is 13.9. The monoisotopic (exact) mass is 291 g/mol. The lowest BCUT2D eigenvalue weighted by Crippen LogP contribution is -2.26. The number of Topliss-reactive ketones (excluding diaryl/α,β-unsaturated/α-hetero) is 1. The van der Waals surface area contributed by atoms with E-state index in [1.807, 2.05) is 0 Å². The molecule has 1 aromatic rings. The topological polar surface area (TPSA) is 94.3 Å². The fraction of sp³-hybridized carbons (Fsp3) is 0.300. The SMILES string of the molecule is CCS(=O)(=O)[C@H](Cl)C(=O)c1cccc([N+](=O)[O-])c1. The maximum Gasteiger partial charge on any atom is 0.270 e. The molecule has 0 bridgehead atoms. The van der Waals surface area contributed by atoms with E-state index in [4.69, 9.17) is 11.6 Å². The Kier molecular flexibility index (Phi) is 4.42. The Bertz CT molecular complexity index is 584. The van der Waals surface area contributed by atoms with Gasteiger partial charge in [-0.25, -0.2) is 8.42 Å². The molecular formula is C10H10ClNO5S. The molecule has 0 amide bonds. The van der Waals surface area contributed by atoms with Crippen LogP contribution in [-0.2, 0) is 9.84 Å². The number of benzene rings is 1. The highest BCUT2D eigenvalue weighted by Crippen LogP contribution is 2.19. The van der Waals surface area contributed by atoms with Crippen LogP contribution in [0.25, 0.3) is 0 Å². The minimum absolute atomic E-state index is 0.0961. The Morgan fingerprint density at radius 1 is 1.50 bits per heavy atom. The molecule has 0 aliphatic carbocycles. The van der Waals surface area contributed by atoms with E-state index in [-0.39, 0.29) is 17.0 Å². The molecule has 1 atom stereocenters. The summed E-state index contributed by atoms with van der Waals surface area (Å²) in [5, 5.41) is 10.5. The van der Waals surface area contributed by atoms with Gasteiger partial charge in [0, 0.05) is 23.4 Å². The minimum Gasteiger partial charge on any atom is -0.291 e. The Balaban J connectivity index is 3.12. The third-order valence-corrected chi connectivity index (χ3v) is 4.93. The maximum atomic E-state index is 11.8. The molecule has 0 aliphatic heterocycles. The van der Waals surface area contributed by atoms with Gasteiger partial charge in [0.25, 0.3) is 5.69 Å². The van der Waals surface area contributed by atoms with Gasteiger partial charge in [-0.3, -0.25) is 14.9 Å². The first-order chi connectivity index (χ1) is 8.29. The number of halogens is 1. The lowest BCUT2D eigenvalue weighted by molar-refractivity contribution is -0.384. The van der Waals surface area contributed by atoms with Crippen molar-refractivity contribution < 1.29 is 18.1 Å². The average molecular weight is 292 g/mol. The maximum absolute atomic E-state index is 11.8. The summed E-state index contributed by atoms with van der Waals surface area (Å²) in [5.74, 6) is -1.14. The second-order valence-electron chi connectivity index (χ2n) is 3.44. The molecule has 0 fully saturated rings. The number of hydrogen-bond acceptors (Lipinski definition) is 5. The number of sulfone groups is 1.